The monoisotopic (exact) mass is 301 g/mol. The number of nitrogens with zero attached hydrogens (tertiary/aromatic N) is 2. The molecule has 1 heterocycles. The molecule has 6 nitrogen and oxygen atoms in total. The number of amides is 1. The number of nitrogens with one attached hydrogen (secondary N) is 3. The number of aromatic nitrogens is 3. The number of hydrogen-bond donors (Lipinski definition) is 3. The van der Waals surface area contributed by atoms with E-state index >= 15 is 0 Å². The predicted molar refractivity (Wildman–Crippen MR) is 87.7 cm³/mol. The lowest BCUT2D eigenvalue weighted by molar-refractivity contribution is -0.116. The zero-order valence-electron chi connectivity index (χ0n) is 13.5. The highest BCUT2D eigenvalue weighted by molar-refractivity contribution is 5.89. The second-order valence-corrected chi connectivity index (χ2v) is 6.24. The first-order valence-electron chi connectivity index (χ1n) is 7.38. The summed E-state index contributed by atoms with van der Waals surface area (Å²) in [5, 5.41) is 12.5. The van der Waals surface area contributed by atoms with Crippen molar-refractivity contribution in [2.24, 2.45) is 0 Å². The first-order valence-corrected chi connectivity index (χ1v) is 7.38. The van der Waals surface area contributed by atoms with Crippen LogP contribution in [-0.2, 0) is 10.2 Å². The van der Waals surface area contributed by atoms with E-state index in [4.69, 9.17) is 0 Å². The summed E-state index contributed by atoms with van der Waals surface area (Å²) < 4.78 is 0. The van der Waals surface area contributed by atoms with Gasteiger partial charge in [0.25, 0.3) is 0 Å². The van der Waals surface area contributed by atoms with Crippen LogP contribution < -0.4 is 10.6 Å². The van der Waals surface area contributed by atoms with E-state index in [-0.39, 0.29) is 11.3 Å². The van der Waals surface area contributed by atoms with Crippen LogP contribution in [0.15, 0.2) is 24.3 Å². The smallest absolute Gasteiger partial charge is 0.249 e. The largest absolute Gasteiger partial charge is 0.319 e. The van der Waals surface area contributed by atoms with Crippen molar-refractivity contribution in [1.82, 2.24) is 20.5 Å². The van der Waals surface area contributed by atoms with Crippen LogP contribution in [0.1, 0.15) is 32.8 Å². The second-order valence-electron chi connectivity index (χ2n) is 6.24. The van der Waals surface area contributed by atoms with E-state index < -0.39 is 0 Å². The Labute approximate surface area is 130 Å². The number of hydrogen-bond acceptors (Lipinski definition) is 4. The van der Waals surface area contributed by atoms with Crippen LogP contribution in [-0.4, -0.2) is 34.7 Å². The number of rotatable bonds is 5. The number of anilines is 1. The minimum absolute atomic E-state index is 0.108. The Hall–Kier alpha value is -2.21. The SMILES string of the molecule is CNCCC(=O)Nc1n[nH]c(-c2ccc(C(C)(C)C)cc2)n1. The zero-order chi connectivity index (χ0) is 16.2. The van der Waals surface area contributed by atoms with Gasteiger partial charge < -0.3 is 5.32 Å². The Kier molecular flexibility index (Phi) is 4.92. The third kappa shape index (κ3) is 4.14. The summed E-state index contributed by atoms with van der Waals surface area (Å²) in [4.78, 5) is 15.9. The van der Waals surface area contributed by atoms with Crippen molar-refractivity contribution in [3.8, 4) is 11.4 Å². The normalized spacial score (nSPS) is 11.5. The fourth-order valence-corrected chi connectivity index (χ4v) is 2.00. The van der Waals surface area contributed by atoms with Crippen LogP contribution in [0.2, 0.25) is 0 Å². The molecule has 0 saturated carbocycles. The van der Waals surface area contributed by atoms with Gasteiger partial charge in [-0.15, -0.1) is 5.10 Å². The summed E-state index contributed by atoms with van der Waals surface area (Å²) >= 11 is 0. The Morgan fingerprint density at radius 2 is 1.91 bits per heavy atom. The number of carbonyl (C=O) groups is 1. The van der Waals surface area contributed by atoms with Gasteiger partial charge in [0.15, 0.2) is 5.82 Å². The highest BCUT2D eigenvalue weighted by atomic mass is 16.1. The Balaban J connectivity index is 2.06. The van der Waals surface area contributed by atoms with Gasteiger partial charge in [-0.25, -0.2) is 0 Å². The standard InChI is InChI=1S/C16H23N5O/c1-16(2,3)12-7-5-11(6-8-12)14-19-15(21-20-14)18-13(22)9-10-17-4/h5-8,17H,9-10H2,1-4H3,(H2,18,19,20,21,22). The topological polar surface area (TPSA) is 82.7 Å². The fourth-order valence-electron chi connectivity index (χ4n) is 2.00. The van der Waals surface area contributed by atoms with Gasteiger partial charge in [-0.05, 0) is 18.0 Å². The number of H-pyrrole nitrogens is 1. The van der Waals surface area contributed by atoms with E-state index in [0.29, 0.717) is 24.7 Å². The lowest BCUT2D eigenvalue weighted by atomic mass is 9.87. The van der Waals surface area contributed by atoms with Crippen LogP contribution in [0.25, 0.3) is 11.4 Å². The maximum atomic E-state index is 11.6. The van der Waals surface area contributed by atoms with Gasteiger partial charge >= 0.3 is 0 Å². The van der Waals surface area contributed by atoms with Crippen molar-refractivity contribution in [1.29, 1.82) is 0 Å². The third-order valence-electron chi connectivity index (χ3n) is 3.36. The van der Waals surface area contributed by atoms with Gasteiger partial charge in [-0.2, -0.15) is 4.98 Å². The summed E-state index contributed by atoms with van der Waals surface area (Å²) in [6, 6.07) is 8.19. The number of carbonyl (C=O) groups excluding carboxylic acids is 1. The van der Waals surface area contributed by atoms with E-state index in [1.165, 1.54) is 5.56 Å². The van der Waals surface area contributed by atoms with Crippen molar-refractivity contribution in [3.05, 3.63) is 29.8 Å². The lowest BCUT2D eigenvalue weighted by Crippen LogP contribution is -2.19. The van der Waals surface area contributed by atoms with Crippen molar-refractivity contribution in [3.63, 3.8) is 0 Å². The van der Waals surface area contributed by atoms with Gasteiger partial charge in [0.2, 0.25) is 11.9 Å². The van der Waals surface area contributed by atoms with Crippen LogP contribution in [0.5, 0.6) is 0 Å². The van der Waals surface area contributed by atoms with Crippen LogP contribution in [0.3, 0.4) is 0 Å². The maximum Gasteiger partial charge on any atom is 0.249 e. The molecular weight excluding hydrogens is 278 g/mol. The molecular formula is C16H23N5O. The zero-order valence-corrected chi connectivity index (χ0v) is 13.5. The predicted octanol–water partition coefficient (Wildman–Crippen LogP) is 2.32. The molecule has 0 aliphatic rings. The second kappa shape index (κ2) is 6.70. The average molecular weight is 301 g/mol. The molecule has 3 N–H and O–H groups in total. The first kappa shape index (κ1) is 16.2. The quantitative estimate of drug-likeness (QED) is 0.791. The average Bonchev–Trinajstić information content (AvgIpc) is 2.93. The minimum Gasteiger partial charge on any atom is -0.319 e. The molecule has 0 bridgehead atoms. The molecule has 1 aromatic heterocycles. The summed E-state index contributed by atoms with van der Waals surface area (Å²) in [6.45, 7) is 7.15. The van der Waals surface area contributed by atoms with Gasteiger partial charge in [0.05, 0.1) is 0 Å². The molecule has 0 radical (unpaired) electrons. The van der Waals surface area contributed by atoms with Crippen molar-refractivity contribution < 1.29 is 4.79 Å². The Morgan fingerprint density at radius 1 is 1.23 bits per heavy atom. The van der Waals surface area contributed by atoms with E-state index in [1.807, 2.05) is 12.1 Å². The number of aromatic amines is 1. The minimum atomic E-state index is -0.108. The molecule has 6 heteroatoms. The number of benzene rings is 1. The Morgan fingerprint density at radius 3 is 2.50 bits per heavy atom. The van der Waals surface area contributed by atoms with E-state index in [2.05, 4.69) is 58.7 Å². The molecule has 0 saturated heterocycles. The lowest BCUT2D eigenvalue weighted by Gasteiger charge is -2.18. The molecule has 1 aromatic carbocycles. The van der Waals surface area contributed by atoms with E-state index in [0.717, 1.165) is 5.56 Å². The van der Waals surface area contributed by atoms with E-state index in [1.54, 1.807) is 7.05 Å². The van der Waals surface area contributed by atoms with Crippen LogP contribution in [0, 0.1) is 0 Å². The molecule has 118 valence electrons. The van der Waals surface area contributed by atoms with Crippen LogP contribution >= 0.6 is 0 Å². The molecule has 0 unspecified atom stereocenters. The molecule has 0 aliphatic heterocycles. The molecule has 0 fully saturated rings. The van der Waals surface area contributed by atoms with Gasteiger partial charge in [0, 0.05) is 18.5 Å². The summed E-state index contributed by atoms with van der Waals surface area (Å²) in [6.07, 6.45) is 0.390. The molecule has 1 amide bonds. The summed E-state index contributed by atoms with van der Waals surface area (Å²) in [5.74, 6) is 0.836. The summed E-state index contributed by atoms with van der Waals surface area (Å²) in [7, 11) is 1.80. The molecule has 2 rings (SSSR count). The highest BCUT2D eigenvalue weighted by Crippen LogP contribution is 2.24. The molecule has 0 atom stereocenters. The van der Waals surface area contributed by atoms with E-state index in [9.17, 15) is 4.79 Å². The van der Waals surface area contributed by atoms with Crippen molar-refractivity contribution >= 4 is 11.9 Å². The van der Waals surface area contributed by atoms with Crippen LogP contribution in [0.4, 0.5) is 5.95 Å². The van der Waals surface area contributed by atoms with Gasteiger partial charge in [-0.3, -0.25) is 15.2 Å². The van der Waals surface area contributed by atoms with Gasteiger partial charge in [-0.1, -0.05) is 45.0 Å². The molecule has 0 aliphatic carbocycles. The first-order chi connectivity index (χ1) is 10.4. The summed E-state index contributed by atoms with van der Waals surface area (Å²) in [5.41, 5.74) is 2.32. The third-order valence-corrected chi connectivity index (χ3v) is 3.36. The maximum absolute atomic E-state index is 11.6. The van der Waals surface area contributed by atoms with Crippen molar-refractivity contribution in [2.45, 2.75) is 32.6 Å². The van der Waals surface area contributed by atoms with Crippen molar-refractivity contribution in [2.75, 3.05) is 18.9 Å². The fraction of sp³-hybridized carbons (Fsp3) is 0.438. The Bertz CT molecular complexity index is 625. The van der Waals surface area contributed by atoms with Gasteiger partial charge in [0.1, 0.15) is 0 Å². The molecule has 2 aromatic rings. The molecule has 22 heavy (non-hydrogen) atoms. The highest BCUT2D eigenvalue weighted by Gasteiger charge is 2.14. The molecule has 0 spiro atoms.